The number of methoxy groups -OCH3 is 1. The van der Waals surface area contributed by atoms with Crippen molar-refractivity contribution in [1.82, 2.24) is 10.2 Å². The molecule has 29 heavy (non-hydrogen) atoms. The minimum atomic E-state index is -0.480. The van der Waals surface area contributed by atoms with Gasteiger partial charge < -0.3 is 30.7 Å². The lowest BCUT2D eigenvalue weighted by Gasteiger charge is -2.34. The highest BCUT2D eigenvalue weighted by molar-refractivity contribution is 5.82. The molecule has 1 aromatic rings. The fourth-order valence-electron chi connectivity index (χ4n) is 3.79. The number of anilines is 1. The van der Waals surface area contributed by atoms with Crippen LogP contribution in [-0.4, -0.2) is 62.9 Å². The first kappa shape index (κ1) is 22.0. The number of nitrogens with one attached hydrogen (secondary N) is 2. The average Bonchev–Trinajstić information content (AvgIpc) is 3.56. The highest BCUT2D eigenvalue weighted by atomic mass is 19.1. The van der Waals surface area contributed by atoms with Crippen LogP contribution < -0.4 is 16.4 Å². The second-order valence-corrected chi connectivity index (χ2v) is 7.72. The highest BCUT2D eigenvalue weighted by Crippen LogP contribution is 2.37. The first-order chi connectivity index (χ1) is 14.1. The zero-order chi connectivity index (χ0) is 20.8. The van der Waals surface area contributed by atoms with Crippen molar-refractivity contribution in [2.45, 2.75) is 50.9 Å². The number of morpholine rings is 1. The van der Waals surface area contributed by atoms with Gasteiger partial charge in [-0.1, -0.05) is 0 Å². The van der Waals surface area contributed by atoms with E-state index in [1.54, 1.807) is 7.11 Å². The number of nitrogens with zero attached hydrogens (tertiary/aromatic N) is 1. The van der Waals surface area contributed by atoms with E-state index in [4.69, 9.17) is 15.2 Å². The Morgan fingerprint density at radius 3 is 2.90 bits per heavy atom. The molecular weight excluding hydrogens is 375 g/mol. The predicted octanol–water partition coefficient (Wildman–Crippen LogP) is 1.77. The van der Waals surface area contributed by atoms with E-state index in [1.165, 1.54) is 6.07 Å². The van der Waals surface area contributed by atoms with Crippen molar-refractivity contribution < 1.29 is 18.7 Å². The smallest absolute Gasteiger partial charge is 0.253 e. The number of rotatable bonds is 10. The SMILES string of the molecule is COCCCNc1cc([C@@H](C)N(C(=O)[C@H]2CNCCO2)C2CC2)cc(F)c1CN. The van der Waals surface area contributed by atoms with E-state index in [0.29, 0.717) is 37.6 Å². The molecule has 1 saturated carbocycles. The topological polar surface area (TPSA) is 88.8 Å². The zero-order valence-electron chi connectivity index (χ0n) is 17.4. The summed E-state index contributed by atoms with van der Waals surface area (Å²) in [7, 11) is 1.66. The Labute approximate surface area is 172 Å². The van der Waals surface area contributed by atoms with Gasteiger partial charge in [0.2, 0.25) is 0 Å². The van der Waals surface area contributed by atoms with Crippen LogP contribution in [0, 0.1) is 5.82 Å². The summed E-state index contributed by atoms with van der Waals surface area (Å²) < 4.78 is 25.5. The van der Waals surface area contributed by atoms with Crippen LogP contribution in [0.2, 0.25) is 0 Å². The van der Waals surface area contributed by atoms with Crippen LogP contribution in [0.1, 0.15) is 43.4 Å². The molecule has 2 aliphatic rings. The summed E-state index contributed by atoms with van der Waals surface area (Å²) in [5.74, 6) is -0.366. The van der Waals surface area contributed by atoms with Crippen LogP contribution in [-0.2, 0) is 20.8 Å². The lowest BCUT2D eigenvalue weighted by molar-refractivity contribution is -0.148. The molecule has 0 aromatic heterocycles. The molecule has 1 aromatic carbocycles. The molecule has 8 heteroatoms. The summed E-state index contributed by atoms with van der Waals surface area (Å²) in [6, 6.07) is 3.38. The quantitative estimate of drug-likeness (QED) is 0.512. The van der Waals surface area contributed by atoms with Gasteiger partial charge in [-0.15, -0.1) is 0 Å². The summed E-state index contributed by atoms with van der Waals surface area (Å²) in [4.78, 5) is 15.0. The van der Waals surface area contributed by atoms with Crippen molar-refractivity contribution in [3.8, 4) is 0 Å². The maximum Gasteiger partial charge on any atom is 0.253 e. The Kier molecular flexibility index (Phi) is 7.83. The molecule has 1 aliphatic heterocycles. The van der Waals surface area contributed by atoms with Crippen molar-refractivity contribution in [3.63, 3.8) is 0 Å². The van der Waals surface area contributed by atoms with Crippen molar-refractivity contribution in [2.75, 3.05) is 45.3 Å². The molecule has 1 amide bonds. The summed E-state index contributed by atoms with van der Waals surface area (Å²) in [5, 5.41) is 6.48. The number of hydrogen-bond donors (Lipinski definition) is 3. The molecule has 0 radical (unpaired) electrons. The van der Waals surface area contributed by atoms with E-state index in [0.717, 1.165) is 31.4 Å². The number of carbonyl (C=O) groups excluding carboxylic acids is 1. The van der Waals surface area contributed by atoms with Gasteiger partial charge in [0.15, 0.2) is 0 Å². The summed E-state index contributed by atoms with van der Waals surface area (Å²) in [5.41, 5.74) is 7.69. The average molecular weight is 409 g/mol. The van der Waals surface area contributed by atoms with Gasteiger partial charge in [-0.2, -0.15) is 0 Å². The second kappa shape index (κ2) is 10.3. The molecule has 1 heterocycles. The van der Waals surface area contributed by atoms with E-state index in [9.17, 15) is 9.18 Å². The zero-order valence-corrected chi connectivity index (χ0v) is 17.4. The molecule has 1 aliphatic carbocycles. The number of benzene rings is 1. The van der Waals surface area contributed by atoms with E-state index in [-0.39, 0.29) is 30.4 Å². The summed E-state index contributed by atoms with van der Waals surface area (Å²) in [6.45, 7) is 5.15. The Bertz CT molecular complexity index is 693. The molecule has 2 fully saturated rings. The monoisotopic (exact) mass is 408 g/mol. The normalized spacial score (nSPS) is 20.3. The minimum absolute atomic E-state index is 0.0230. The number of amides is 1. The van der Waals surface area contributed by atoms with Crippen LogP contribution in [0.25, 0.3) is 0 Å². The molecule has 4 N–H and O–H groups in total. The van der Waals surface area contributed by atoms with Gasteiger partial charge in [-0.25, -0.2) is 4.39 Å². The van der Waals surface area contributed by atoms with Gasteiger partial charge in [0.1, 0.15) is 11.9 Å². The molecule has 0 bridgehead atoms. The lowest BCUT2D eigenvalue weighted by Crippen LogP contribution is -2.50. The molecule has 2 atom stereocenters. The molecule has 1 saturated heterocycles. The molecule has 162 valence electrons. The van der Waals surface area contributed by atoms with Crippen LogP contribution in [0.3, 0.4) is 0 Å². The van der Waals surface area contributed by atoms with Crippen LogP contribution in [0.5, 0.6) is 0 Å². The minimum Gasteiger partial charge on any atom is -0.385 e. The van der Waals surface area contributed by atoms with E-state index in [1.807, 2.05) is 17.9 Å². The maximum absolute atomic E-state index is 14.8. The number of hydrogen-bond acceptors (Lipinski definition) is 6. The molecule has 3 rings (SSSR count). The Morgan fingerprint density at radius 1 is 1.48 bits per heavy atom. The first-order valence-corrected chi connectivity index (χ1v) is 10.5. The van der Waals surface area contributed by atoms with Crippen LogP contribution >= 0.6 is 0 Å². The van der Waals surface area contributed by atoms with E-state index < -0.39 is 6.10 Å². The Balaban J connectivity index is 1.80. The first-order valence-electron chi connectivity index (χ1n) is 10.5. The largest absolute Gasteiger partial charge is 0.385 e. The van der Waals surface area contributed by atoms with Crippen LogP contribution in [0.15, 0.2) is 12.1 Å². The third kappa shape index (κ3) is 5.45. The van der Waals surface area contributed by atoms with E-state index in [2.05, 4.69) is 10.6 Å². The van der Waals surface area contributed by atoms with Gasteiger partial charge in [0, 0.05) is 57.2 Å². The Hall–Kier alpha value is -1.74. The fraction of sp³-hybridized carbons (Fsp3) is 0.667. The van der Waals surface area contributed by atoms with Crippen molar-refractivity contribution in [1.29, 1.82) is 0 Å². The van der Waals surface area contributed by atoms with Gasteiger partial charge in [0.05, 0.1) is 12.6 Å². The predicted molar refractivity (Wildman–Crippen MR) is 110 cm³/mol. The van der Waals surface area contributed by atoms with E-state index >= 15 is 0 Å². The third-order valence-corrected chi connectivity index (χ3v) is 5.56. The maximum atomic E-state index is 14.8. The van der Waals surface area contributed by atoms with Crippen molar-refractivity contribution >= 4 is 11.6 Å². The fourth-order valence-corrected chi connectivity index (χ4v) is 3.79. The molecule has 0 spiro atoms. The molecule has 7 nitrogen and oxygen atoms in total. The van der Waals surface area contributed by atoms with Crippen LogP contribution in [0.4, 0.5) is 10.1 Å². The molecular formula is C21H33FN4O3. The number of halogens is 1. The van der Waals surface area contributed by atoms with Crippen molar-refractivity contribution in [2.24, 2.45) is 5.73 Å². The van der Waals surface area contributed by atoms with Gasteiger partial charge >= 0.3 is 0 Å². The lowest BCUT2D eigenvalue weighted by atomic mass is 10.0. The van der Waals surface area contributed by atoms with Gasteiger partial charge in [-0.05, 0) is 43.9 Å². The standard InChI is InChI=1S/C21H33FN4O3/c1-14(26(16-4-5-16)21(27)20-13-24-7-9-29-20)15-10-18(22)17(12-23)19(11-15)25-6-3-8-28-2/h10-11,14,16,20,24-25H,3-9,12-13,23H2,1-2H3/t14-,20-/m1/s1. The summed E-state index contributed by atoms with van der Waals surface area (Å²) >= 11 is 0. The molecule has 0 unspecified atom stereocenters. The third-order valence-electron chi connectivity index (χ3n) is 5.56. The van der Waals surface area contributed by atoms with Crippen molar-refractivity contribution in [3.05, 3.63) is 29.1 Å². The summed E-state index contributed by atoms with van der Waals surface area (Å²) in [6.07, 6.45) is 2.27. The number of nitrogens with two attached hydrogens (primary N) is 1. The highest BCUT2D eigenvalue weighted by Gasteiger charge is 2.40. The number of ether oxygens (including phenoxy) is 2. The Morgan fingerprint density at radius 2 is 2.28 bits per heavy atom. The second-order valence-electron chi connectivity index (χ2n) is 7.72. The number of carbonyl (C=O) groups is 1. The van der Waals surface area contributed by atoms with Gasteiger partial charge in [-0.3, -0.25) is 4.79 Å². The van der Waals surface area contributed by atoms with Gasteiger partial charge in [0.25, 0.3) is 5.91 Å².